The number of ether oxygens (including phenoxy) is 1. The van der Waals surface area contributed by atoms with Crippen LogP contribution >= 0.6 is 11.8 Å². The zero-order valence-electron chi connectivity index (χ0n) is 9.77. The number of hydrogen-bond acceptors (Lipinski definition) is 3. The highest BCUT2D eigenvalue weighted by Crippen LogP contribution is 2.30. The number of alkyl halides is 3. The summed E-state index contributed by atoms with van der Waals surface area (Å²) in [4.78, 5) is 0. The monoisotopic (exact) mass is 259 g/mol. The van der Waals surface area contributed by atoms with Crippen LogP contribution in [0.1, 0.15) is 26.2 Å². The Kier molecular flexibility index (Phi) is 9.16. The molecule has 0 aliphatic carbocycles. The molecule has 0 radical (unpaired) electrons. The van der Waals surface area contributed by atoms with E-state index < -0.39 is 5.51 Å². The summed E-state index contributed by atoms with van der Waals surface area (Å²) < 4.78 is 40.6. The quantitative estimate of drug-likeness (QED) is 0.643. The van der Waals surface area contributed by atoms with Crippen LogP contribution in [0.2, 0.25) is 0 Å². The summed E-state index contributed by atoms with van der Waals surface area (Å²) in [5.41, 5.74) is -4.10. The van der Waals surface area contributed by atoms with Crippen LogP contribution in [0.4, 0.5) is 13.2 Å². The first-order valence-corrected chi connectivity index (χ1v) is 6.41. The molecule has 0 heterocycles. The Morgan fingerprint density at radius 1 is 1.38 bits per heavy atom. The van der Waals surface area contributed by atoms with Gasteiger partial charge in [0.1, 0.15) is 0 Å². The first-order chi connectivity index (χ1) is 7.49. The SMILES string of the molecule is CCCNC(CCCSC(F)(F)F)COC. The number of thioether (sulfide) groups is 1. The predicted octanol–water partition coefficient (Wildman–Crippen LogP) is 3.03. The largest absolute Gasteiger partial charge is 0.441 e. The first-order valence-electron chi connectivity index (χ1n) is 5.42. The lowest BCUT2D eigenvalue weighted by atomic mass is 10.2. The number of rotatable bonds is 9. The zero-order valence-corrected chi connectivity index (χ0v) is 10.6. The molecule has 0 aliphatic rings. The van der Waals surface area contributed by atoms with Crippen LogP contribution in [0.15, 0.2) is 0 Å². The average molecular weight is 259 g/mol. The van der Waals surface area contributed by atoms with Crippen molar-refractivity contribution in [2.24, 2.45) is 0 Å². The van der Waals surface area contributed by atoms with E-state index in [0.717, 1.165) is 19.4 Å². The van der Waals surface area contributed by atoms with E-state index in [0.29, 0.717) is 13.0 Å². The van der Waals surface area contributed by atoms with Gasteiger partial charge in [0.25, 0.3) is 0 Å². The molecule has 0 saturated carbocycles. The van der Waals surface area contributed by atoms with Crippen LogP contribution in [0.3, 0.4) is 0 Å². The van der Waals surface area contributed by atoms with Crippen molar-refractivity contribution in [3.05, 3.63) is 0 Å². The molecular formula is C10H20F3NOS. The van der Waals surface area contributed by atoms with E-state index in [1.165, 1.54) is 0 Å². The Morgan fingerprint density at radius 3 is 2.56 bits per heavy atom. The van der Waals surface area contributed by atoms with Gasteiger partial charge >= 0.3 is 5.51 Å². The number of halogens is 3. The van der Waals surface area contributed by atoms with Crippen molar-refractivity contribution in [3.63, 3.8) is 0 Å². The Bertz CT molecular complexity index is 167. The van der Waals surface area contributed by atoms with Crippen LogP contribution in [-0.4, -0.2) is 37.6 Å². The van der Waals surface area contributed by atoms with Crippen molar-refractivity contribution < 1.29 is 17.9 Å². The fourth-order valence-corrected chi connectivity index (χ4v) is 1.85. The van der Waals surface area contributed by atoms with Gasteiger partial charge in [0, 0.05) is 18.9 Å². The predicted molar refractivity (Wildman–Crippen MR) is 61.7 cm³/mol. The van der Waals surface area contributed by atoms with E-state index in [1.54, 1.807) is 7.11 Å². The highest BCUT2D eigenvalue weighted by atomic mass is 32.2. The third-order valence-corrected chi connectivity index (χ3v) is 2.83. The second-order valence-corrected chi connectivity index (χ2v) is 4.70. The third kappa shape index (κ3) is 10.6. The zero-order chi connectivity index (χ0) is 12.4. The van der Waals surface area contributed by atoms with Crippen molar-refractivity contribution in [1.29, 1.82) is 0 Å². The van der Waals surface area contributed by atoms with Gasteiger partial charge in [0.2, 0.25) is 0 Å². The molecule has 1 N–H and O–H groups in total. The Hall–Kier alpha value is 0.0600. The van der Waals surface area contributed by atoms with Gasteiger partial charge in [-0.2, -0.15) is 13.2 Å². The van der Waals surface area contributed by atoms with Crippen LogP contribution < -0.4 is 5.32 Å². The lowest BCUT2D eigenvalue weighted by molar-refractivity contribution is -0.0328. The molecule has 0 rings (SSSR count). The first kappa shape index (κ1) is 16.1. The average Bonchev–Trinajstić information content (AvgIpc) is 2.19. The maximum Gasteiger partial charge on any atom is 0.441 e. The van der Waals surface area contributed by atoms with E-state index in [2.05, 4.69) is 12.2 Å². The van der Waals surface area contributed by atoms with Crippen LogP contribution in [0.5, 0.6) is 0 Å². The topological polar surface area (TPSA) is 21.3 Å². The van der Waals surface area contributed by atoms with Gasteiger partial charge in [-0.15, -0.1) is 0 Å². The van der Waals surface area contributed by atoms with E-state index in [1.807, 2.05) is 0 Å². The van der Waals surface area contributed by atoms with Crippen LogP contribution in [-0.2, 0) is 4.74 Å². The lowest BCUT2D eigenvalue weighted by Gasteiger charge is -2.17. The van der Waals surface area contributed by atoms with Crippen LogP contribution in [0, 0.1) is 0 Å². The molecule has 0 bridgehead atoms. The summed E-state index contributed by atoms with van der Waals surface area (Å²) in [5, 5.41) is 3.25. The van der Waals surface area contributed by atoms with Crippen molar-refractivity contribution in [2.45, 2.75) is 37.7 Å². The number of nitrogens with one attached hydrogen (secondary N) is 1. The molecule has 98 valence electrons. The minimum atomic E-state index is -4.10. The third-order valence-electron chi connectivity index (χ3n) is 2.01. The molecule has 0 fully saturated rings. The van der Waals surface area contributed by atoms with E-state index >= 15 is 0 Å². The maximum absolute atomic E-state index is 11.9. The molecule has 1 atom stereocenters. The van der Waals surface area contributed by atoms with E-state index in [-0.39, 0.29) is 23.6 Å². The molecule has 0 aliphatic heterocycles. The van der Waals surface area contributed by atoms with Crippen molar-refractivity contribution >= 4 is 11.8 Å². The van der Waals surface area contributed by atoms with E-state index in [4.69, 9.17) is 4.74 Å². The van der Waals surface area contributed by atoms with Gasteiger partial charge in [0.05, 0.1) is 6.61 Å². The fourth-order valence-electron chi connectivity index (χ4n) is 1.31. The van der Waals surface area contributed by atoms with Gasteiger partial charge in [-0.3, -0.25) is 0 Å². The lowest BCUT2D eigenvalue weighted by Crippen LogP contribution is -2.33. The summed E-state index contributed by atoms with van der Waals surface area (Å²) in [6.07, 6.45) is 2.28. The minimum absolute atomic E-state index is 0.0489. The summed E-state index contributed by atoms with van der Waals surface area (Å²) in [5.74, 6) is 0.123. The van der Waals surface area contributed by atoms with Crippen LogP contribution in [0.25, 0.3) is 0 Å². The molecular weight excluding hydrogens is 239 g/mol. The Balaban J connectivity index is 3.59. The molecule has 0 aromatic carbocycles. The fraction of sp³-hybridized carbons (Fsp3) is 1.00. The number of methoxy groups -OCH3 is 1. The Labute approximate surface area is 99.3 Å². The van der Waals surface area contributed by atoms with Crippen molar-refractivity contribution in [2.75, 3.05) is 26.0 Å². The highest BCUT2D eigenvalue weighted by Gasteiger charge is 2.27. The molecule has 0 saturated heterocycles. The molecule has 1 unspecified atom stereocenters. The maximum atomic E-state index is 11.9. The van der Waals surface area contributed by atoms with E-state index in [9.17, 15) is 13.2 Å². The van der Waals surface area contributed by atoms with Gasteiger partial charge in [-0.05, 0) is 25.8 Å². The molecule has 2 nitrogen and oxygen atoms in total. The van der Waals surface area contributed by atoms with Gasteiger partial charge in [0.15, 0.2) is 0 Å². The minimum Gasteiger partial charge on any atom is -0.383 e. The van der Waals surface area contributed by atoms with Gasteiger partial charge < -0.3 is 10.1 Å². The number of hydrogen-bond donors (Lipinski definition) is 1. The molecule has 0 spiro atoms. The second kappa shape index (κ2) is 9.13. The normalized spacial score (nSPS) is 14.1. The molecule has 6 heteroatoms. The highest BCUT2D eigenvalue weighted by molar-refractivity contribution is 8.00. The molecule has 16 heavy (non-hydrogen) atoms. The Morgan fingerprint density at radius 2 is 2.06 bits per heavy atom. The summed E-state index contributed by atoms with van der Waals surface area (Å²) in [7, 11) is 1.60. The molecule has 0 amide bonds. The van der Waals surface area contributed by atoms with Crippen molar-refractivity contribution in [3.8, 4) is 0 Å². The van der Waals surface area contributed by atoms with Gasteiger partial charge in [-0.25, -0.2) is 0 Å². The smallest absolute Gasteiger partial charge is 0.383 e. The summed E-state index contributed by atoms with van der Waals surface area (Å²) in [6, 6.07) is 0.166. The summed E-state index contributed by atoms with van der Waals surface area (Å²) >= 11 is 0.0489. The molecule has 0 aromatic rings. The van der Waals surface area contributed by atoms with Crippen molar-refractivity contribution in [1.82, 2.24) is 5.32 Å². The standard InChI is InChI=1S/C10H20F3NOS/c1-3-6-14-9(8-15-2)5-4-7-16-10(11,12)13/h9,14H,3-8H2,1-2H3. The van der Waals surface area contributed by atoms with Gasteiger partial charge in [-0.1, -0.05) is 18.7 Å². The summed E-state index contributed by atoms with van der Waals surface area (Å²) in [6.45, 7) is 3.48. The molecule has 0 aromatic heterocycles. The second-order valence-electron chi connectivity index (χ2n) is 3.54.